The van der Waals surface area contributed by atoms with Gasteiger partial charge in [0.1, 0.15) is 0 Å². The number of hydrogen-bond acceptors (Lipinski definition) is 0. The second-order valence-corrected chi connectivity index (χ2v) is 3.98. The van der Waals surface area contributed by atoms with E-state index in [0.717, 1.165) is 6.42 Å². The second kappa shape index (κ2) is 5.31. The van der Waals surface area contributed by atoms with Crippen molar-refractivity contribution in [3.05, 3.63) is 79.4 Å². The molecule has 0 nitrogen and oxygen atoms in total. The van der Waals surface area contributed by atoms with Gasteiger partial charge < -0.3 is 0 Å². The predicted molar refractivity (Wildman–Crippen MR) is 76.9 cm³/mol. The molecule has 0 heterocycles. The molecule has 0 aromatic heterocycles. The standard InChI is InChI=1S/C17H16/c1-3-7-14(8-4-2)17-12-11-15-9-5-6-10-16(15)13-17/h3-7,9-13H,1-2,8H2/b14-7-. The minimum Gasteiger partial charge on any atom is -0.103 e. The van der Waals surface area contributed by atoms with Gasteiger partial charge in [-0.15, -0.1) is 6.58 Å². The zero-order valence-electron chi connectivity index (χ0n) is 9.89. The van der Waals surface area contributed by atoms with Crippen LogP contribution >= 0.6 is 0 Å². The molecule has 0 saturated heterocycles. The summed E-state index contributed by atoms with van der Waals surface area (Å²) in [6.07, 6.45) is 6.66. The first kappa shape index (κ1) is 11.4. The van der Waals surface area contributed by atoms with Crippen LogP contribution in [0.1, 0.15) is 12.0 Å². The van der Waals surface area contributed by atoms with Crippen LogP contribution in [-0.4, -0.2) is 0 Å². The summed E-state index contributed by atoms with van der Waals surface area (Å²) < 4.78 is 0. The summed E-state index contributed by atoms with van der Waals surface area (Å²) in [5.41, 5.74) is 2.49. The Hall–Kier alpha value is -2.08. The van der Waals surface area contributed by atoms with E-state index in [2.05, 4.69) is 55.6 Å². The van der Waals surface area contributed by atoms with Crippen LogP contribution in [0, 0.1) is 0 Å². The number of allylic oxidation sites excluding steroid dienone is 4. The Morgan fingerprint density at radius 3 is 2.47 bits per heavy atom. The number of rotatable bonds is 4. The molecule has 0 heteroatoms. The average Bonchev–Trinajstić information content (AvgIpc) is 2.38. The highest BCUT2D eigenvalue weighted by Gasteiger charge is 2.00. The van der Waals surface area contributed by atoms with Gasteiger partial charge in [-0.3, -0.25) is 0 Å². The van der Waals surface area contributed by atoms with E-state index in [0.29, 0.717) is 0 Å². The third kappa shape index (κ3) is 2.54. The molecule has 0 bridgehead atoms. The second-order valence-electron chi connectivity index (χ2n) is 3.98. The summed E-state index contributed by atoms with van der Waals surface area (Å²) in [6, 6.07) is 14.9. The Balaban J connectivity index is 2.50. The number of benzene rings is 2. The van der Waals surface area contributed by atoms with Gasteiger partial charge in [0.15, 0.2) is 0 Å². The Morgan fingerprint density at radius 2 is 1.76 bits per heavy atom. The number of hydrogen-bond donors (Lipinski definition) is 0. The van der Waals surface area contributed by atoms with Crippen LogP contribution in [0.15, 0.2) is 73.9 Å². The van der Waals surface area contributed by atoms with Crippen molar-refractivity contribution in [2.75, 3.05) is 0 Å². The van der Waals surface area contributed by atoms with E-state index < -0.39 is 0 Å². The maximum Gasteiger partial charge on any atom is -0.00942 e. The van der Waals surface area contributed by atoms with Crippen LogP contribution in [0.2, 0.25) is 0 Å². The lowest BCUT2D eigenvalue weighted by Crippen LogP contribution is -1.83. The fourth-order valence-electron chi connectivity index (χ4n) is 1.97. The van der Waals surface area contributed by atoms with Gasteiger partial charge in [-0.1, -0.05) is 61.2 Å². The molecule has 17 heavy (non-hydrogen) atoms. The molecule has 0 amide bonds. The summed E-state index contributed by atoms with van der Waals surface area (Å²) in [7, 11) is 0. The first-order valence-electron chi connectivity index (χ1n) is 5.77. The molecule has 0 radical (unpaired) electrons. The lowest BCUT2D eigenvalue weighted by molar-refractivity contribution is 1.41. The van der Waals surface area contributed by atoms with Gasteiger partial charge in [-0.2, -0.15) is 0 Å². The van der Waals surface area contributed by atoms with Gasteiger partial charge in [0.2, 0.25) is 0 Å². The largest absolute Gasteiger partial charge is 0.103 e. The molecule has 0 fully saturated rings. The summed E-state index contributed by atoms with van der Waals surface area (Å²) in [6.45, 7) is 7.56. The molecule has 0 N–H and O–H groups in total. The molecule has 0 aliphatic carbocycles. The van der Waals surface area contributed by atoms with Crippen LogP contribution < -0.4 is 0 Å². The molecular weight excluding hydrogens is 204 g/mol. The zero-order chi connectivity index (χ0) is 12.1. The molecule has 0 unspecified atom stereocenters. The topological polar surface area (TPSA) is 0 Å². The van der Waals surface area contributed by atoms with Gasteiger partial charge in [-0.25, -0.2) is 0 Å². The molecule has 0 spiro atoms. The van der Waals surface area contributed by atoms with Crippen molar-refractivity contribution in [1.82, 2.24) is 0 Å². The van der Waals surface area contributed by atoms with Crippen LogP contribution in [0.5, 0.6) is 0 Å². The smallest absolute Gasteiger partial charge is 0.00942 e. The highest BCUT2D eigenvalue weighted by molar-refractivity contribution is 5.86. The van der Waals surface area contributed by atoms with E-state index in [1.807, 2.05) is 18.2 Å². The van der Waals surface area contributed by atoms with Gasteiger partial charge in [0.05, 0.1) is 0 Å². The molecular formula is C17H16. The Labute approximate surface area is 103 Å². The van der Waals surface area contributed by atoms with E-state index in [4.69, 9.17) is 0 Å². The van der Waals surface area contributed by atoms with Crippen molar-refractivity contribution in [1.29, 1.82) is 0 Å². The first-order valence-corrected chi connectivity index (χ1v) is 5.77. The lowest BCUT2D eigenvalue weighted by Gasteiger charge is -2.06. The third-order valence-corrected chi connectivity index (χ3v) is 2.80. The van der Waals surface area contributed by atoms with E-state index in [1.54, 1.807) is 0 Å². The van der Waals surface area contributed by atoms with Crippen LogP contribution in [0.25, 0.3) is 16.3 Å². The lowest BCUT2D eigenvalue weighted by atomic mass is 9.99. The maximum atomic E-state index is 3.80. The Morgan fingerprint density at radius 1 is 1.00 bits per heavy atom. The van der Waals surface area contributed by atoms with Crippen LogP contribution in [0.3, 0.4) is 0 Å². The highest BCUT2D eigenvalue weighted by Crippen LogP contribution is 2.23. The van der Waals surface area contributed by atoms with Crippen molar-refractivity contribution >= 4 is 16.3 Å². The molecule has 0 atom stereocenters. The minimum atomic E-state index is 0.865. The van der Waals surface area contributed by atoms with E-state index >= 15 is 0 Å². The molecule has 84 valence electrons. The normalized spacial score (nSPS) is 11.4. The van der Waals surface area contributed by atoms with Crippen molar-refractivity contribution < 1.29 is 0 Å². The fraction of sp³-hybridized carbons (Fsp3) is 0.0588. The van der Waals surface area contributed by atoms with E-state index in [-0.39, 0.29) is 0 Å². The van der Waals surface area contributed by atoms with Crippen molar-refractivity contribution in [2.24, 2.45) is 0 Å². The van der Waals surface area contributed by atoms with Gasteiger partial charge in [-0.05, 0) is 34.4 Å². The van der Waals surface area contributed by atoms with Gasteiger partial charge in [0.25, 0.3) is 0 Å². The summed E-state index contributed by atoms with van der Waals surface area (Å²) in [5, 5.41) is 2.54. The quantitative estimate of drug-likeness (QED) is 0.503. The number of fused-ring (bicyclic) bond motifs is 1. The summed E-state index contributed by atoms with van der Waals surface area (Å²) in [5.74, 6) is 0. The minimum absolute atomic E-state index is 0.865. The summed E-state index contributed by atoms with van der Waals surface area (Å²) >= 11 is 0. The van der Waals surface area contributed by atoms with Crippen molar-refractivity contribution in [2.45, 2.75) is 6.42 Å². The van der Waals surface area contributed by atoms with Gasteiger partial charge >= 0.3 is 0 Å². The third-order valence-electron chi connectivity index (χ3n) is 2.80. The molecule has 2 aromatic carbocycles. The Kier molecular flexibility index (Phi) is 3.56. The van der Waals surface area contributed by atoms with Crippen molar-refractivity contribution in [3.63, 3.8) is 0 Å². The molecule has 0 aliphatic rings. The molecule has 2 aromatic rings. The van der Waals surface area contributed by atoms with Crippen molar-refractivity contribution in [3.8, 4) is 0 Å². The Bertz CT molecular complexity index is 573. The molecule has 2 rings (SSSR count). The molecule has 0 saturated carbocycles. The predicted octanol–water partition coefficient (Wildman–Crippen LogP) is 4.99. The van der Waals surface area contributed by atoms with Crippen LogP contribution in [0.4, 0.5) is 0 Å². The summed E-state index contributed by atoms with van der Waals surface area (Å²) in [4.78, 5) is 0. The van der Waals surface area contributed by atoms with E-state index in [1.165, 1.54) is 21.9 Å². The van der Waals surface area contributed by atoms with Gasteiger partial charge in [0, 0.05) is 0 Å². The van der Waals surface area contributed by atoms with Crippen LogP contribution in [-0.2, 0) is 0 Å². The average molecular weight is 220 g/mol. The monoisotopic (exact) mass is 220 g/mol. The zero-order valence-corrected chi connectivity index (χ0v) is 9.89. The fourth-order valence-corrected chi connectivity index (χ4v) is 1.97. The first-order chi connectivity index (χ1) is 8.35. The molecule has 0 aliphatic heterocycles. The maximum absolute atomic E-state index is 3.80. The highest BCUT2D eigenvalue weighted by atomic mass is 14.0. The van der Waals surface area contributed by atoms with E-state index in [9.17, 15) is 0 Å². The SMILES string of the molecule is C=C/C=C(/CC=C)c1ccc2ccccc2c1.